The lowest BCUT2D eigenvalue weighted by Crippen LogP contribution is -2.40. The van der Waals surface area contributed by atoms with Gasteiger partial charge in [-0.15, -0.1) is 0 Å². The number of carbonyl (C=O) groups is 1. The van der Waals surface area contributed by atoms with Gasteiger partial charge in [0.25, 0.3) is 5.17 Å². The van der Waals surface area contributed by atoms with Crippen LogP contribution in [-0.4, -0.2) is 36.6 Å². The molecule has 0 radical (unpaired) electrons. The number of carbonyl (C=O) groups excluding carboxylic acids is 1. The van der Waals surface area contributed by atoms with Gasteiger partial charge in [-0.2, -0.15) is 0 Å². The zero-order valence-electron chi connectivity index (χ0n) is 12.1. The fraction of sp³-hybridized carbons (Fsp3) is 0.857. The number of hydrogen-bond donors (Lipinski definition) is 0. The molecule has 4 heteroatoms. The van der Waals surface area contributed by atoms with Gasteiger partial charge in [-0.3, -0.25) is 4.79 Å². The Morgan fingerprint density at radius 1 is 1.44 bits per heavy atom. The van der Waals surface area contributed by atoms with E-state index in [1.807, 2.05) is 14.1 Å². The van der Waals surface area contributed by atoms with Crippen LogP contribution in [0.1, 0.15) is 33.6 Å². The SMILES string of the molecule is CC(C)C1CCC(C)C(COC(=S)N(C)C)C1=O. The van der Waals surface area contributed by atoms with Crippen LogP contribution < -0.4 is 0 Å². The zero-order chi connectivity index (χ0) is 13.9. The molecule has 0 amide bonds. The lowest BCUT2D eigenvalue weighted by atomic mass is 9.70. The molecule has 1 aliphatic rings. The first-order chi connectivity index (χ1) is 8.34. The molecule has 1 saturated carbocycles. The summed E-state index contributed by atoms with van der Waals surface area (Å²) in [4.78, 5) is 14.2. The van der Waals surface area contributed by atoms with Gasteiger partial charge >= 0.3 is 0 Å². The van der Waals surface area contributed by atoms with Crippen molar-refractivity contribution in [1.82, 2.24) is 4.90 Å². The highest BCUT2D eigenvalue weighted by Crippen LogP contribution is 2.34. The van der Waals surface area contributed by atoms with Crippen molar-refractivity contribution in [1.29, 1.82) is 0 Å². The normalized spacial score (nSPS) is 28.3. The summed E-state index contributed by atoms with van der Waals surface area (Å²) < 4.78 is 5.55. The molecular weight excluding hydrogens is 246 g/mol. The minimum absolute atomic E-state index is 0.00375. The van der Waals surface area contributed by atoms with Crippen LogP contribution in [0.5, 0.6) is 0 Å². The molecule has 0 heterocycles. The summed E-state index contributed by atoms with van der Waals surface area (Å²) in [5, 5.41) is 0.460. The van der Waals surface area contributed by atoms with E-state index in [-0.39, 0.29) is 11.8 Å². The lowest BCUT2D eigenvalue weighted by molar-refractivity contribution is -0.134. The van der Waals surface area contributed by atoms with E-state index in [0.29, 0.717) is 29.4 Å². The second-order valence-corrected chi connectivity index (χ2v) is 6.23. The summed E-state index contributed by atoms with van der Waals surface area (Å²) in [7, 11) is 3.71. The van der Waals surface area contributed by atoms with Crippen LogP contribution in [0.3, 0.4) is 0 Å². The number of thiocarbonyl (C=S) groups is 1. The predicted molar refractivity (Wildman–Crippen MR) is 77.5 cm³/mol. The Bertz CT molecular complexity index is 315. The molecule has 0 bridgehead atoms. The number of rotatable bonds is 3. The molecule has 0 saturated heterocycles. The molecule has 0 aromatic rings. The fourth-order valence-corrected chi connectivity index (χ4v) is 2.61. The molecule has 104 valence electrons. The molecule has 3 nitrogen and oxygen atoms in total. The van der Waals surface area contributed by atoms with E-state index in [4.69, 9.17) is 17.0 Å². The first kappa shape index (κ1) is 15.4. The number of ketones is 1. The highest BCUT2D eigenvalue weighted by Gasteiger charge is 2.37. The van der Waals surface area contributed by atoms with Crippen molar-refractivity contribution in [3.63, 3.8) is 0 Å². The minimum Gasteiger partial charge on any atom is -0.470 e. The average Bonchev–Trinajstić information content (AvgIpc) is 2.27. The smallest absolute Gasteiger partial charge is 0.258 e. The number of hydrogen-bond acceptors (Lipinski definition) is 3. The van der Waals surface area contributed by atoms with Gasteiger partial charge in [0.1, 0.15) is 12.4 Å². The van der Waals surface area contributed by atoms with Crippen LogP contribution >= 0.6 is 12.2 Å². The molecule has 1 fully saturated rings. The Morgan fingerprint density at radius 3 is 2.56 bits per heavy atom. The highest BCUT2D eigenvalue weighted by atomic mass is 32.1. The van der Waals surface area contributed by atoms with Crippen molar-refractivity contribution in [3.8, 4) is 0 Å². The molecule has 0 spiro atoms. The van der Waals surface area contributed by atoms with Crippen LogP contribution in [0, 0.1) is 23.7 Å². The molecule has 0 aromatic heterocycles. The number of nitrogens with zero attached hydrogens (tertiary/aromatic N) is 1. The van der Waals surface area contributed by atoms with Crippen LogP contribution in [0.15, 0.2) is 0 Å². The van der Waals surface area contributed by atoms with Crippen molar-refractivity contribution in [2.45, 2.75) is 33.6 Å². The summed E-state index contributed by atoms with van der Waals surface area (Å²) >= 11 is 5.10. The summed E-state index contributed by atoms with van der Waals surface area (Å²) in [6, 6.07) is 0. The third kappa shape index (κ3) is 3.67. The average molecular weight is 271 g/mol. The Labute approximate surface area is 116 Å². The van der Waals surface area contributed by atoms with E-state index < -0.39 is 0 Å². The van der Waals surface area contributed by atoms with E-state index in [0.717, 1.165) is 12.8 Å². The standard InChI is InChI=1S/C14H25NO2S/c1-9(2)11-7-6-10(3)12(13(11)16)8-17-14(18)15(4)5/h9-12H,6-8H2,1-5H3. The topological polar surface area (TPSA) is 29.5 Å². The van der Waals surface area contributed by atoms with E-state index in [2.05, 4.69) is 20.8 Å². The fourth-order valence-electron chi connectivity index (χ4n) is 2.54. The van der Waals surface area contributed by atoms with Gasteiger partial charge in [-0.05, 0) is 36.9 Å². The van der Waals surface area contributed by atoms with Gasteiger partial charge in [0.05, 0.1) is 5.92 Å². The second kappa shape index (κ2) is 6.50. The third-order valence-electron chi connectivity index (χ3n) is 3.91. The molecular formula is C14H25NO2S. The maximum absolute atomic E-state index is 12.4. The quantitative estimate of drug-likeness (QED) is 0.738. The van der Waals surface area contributed by atoms with Gasteiger partial charge in [0, 0.05) is 20.0 Å². The minimum atomic E-state index is 0.00375. The molecule has 0 N–H and O–H groups in total. The zero-order valence-corrected chi connectivity index (χ0v) is 12.9. The van der Waals surface area contributed by atoms with Crippen molar-refractivity contribution in [3.05, 3.63) is 0 Å². The summed E-state index contributed by atoms with van der Waals surface area (Å²) in [5.41, 5.74) is 0. The van der Waals surface area contributed by atoms with Gasteiger partial charge in [-0.25, -0.2) is 0 Å². The first-order valence-electron chi connectivity index (χ1n) is 6.72. The number of ether oxygens (including phenoxy) is 1. The first-order valence-corrected chi connectivity index (χ1v) is 7.13. The Kier molecular flexibility index (Phi) is 5.57. The van der Waals surface area contributed by atoms with E-state index in [9.17, 15) is 4.79 Å². The molecule has 3 atom stereocenters. The lowest BCUT2D eigenvalue weighted by Gasteiger charge is -2.34. The van der Waals surface area contributed by atoms with Crippen LogP contribution in [-0.2, 0) is 9.53 Å². The van der Waals surface area contributed by atoms with Gasteiger partial charge in [-0.1, -0.05) is 20.8 Å². The molecule has 0 aromatic carbocycles. The van der Waals surface area contributed by atoms with Crippen molar-refractivity contribution in [2.75, 3.05) is 20.7 Å². The Hall–Kier alpha value is -0.640. The van der Waals surface area contributed by atoms with E-state index >= 15 is 0 Å². The summed E-state index contributed by atoms with van der Waals surface area (Å²) in [6.45, 7) is 6.82. The van der Waals surface area contributed by atoms with E-state index in [1.54, 1.807) is 4.90 Å². The van der Waals surface area contributed by atoms with Crippen LogP contribution in [0.2, 0.25) is 0 Å². The van der Waals surface area contributed by atoms with E-state index in [1.165, 1.54) is 0 Å². The second-order valence-electron chi connectivity index (χ2n) is 5.89. The highest BCUT2D eigenvalue weighted by molar-refractivity contribution is 7.80. The molecule has 18 heavy (non-hydrogen) atoms. The number of Topliss-reactive ketones (excluding diaryl/α,β-unsaturated/α-hetero) is 1. The third-order valence-corrected chi connectivity index (χ3v) is 4.39. The van der Waals surface area contributed by atoms with Crippen molar-refractivity contribution >= 4 is 23.2 Å². The maximum atomic E-state index is 12.4. The Morgan fingerprint density at radius 2 is 2.06 bits per heavy atom. The van der Waals surface area contributed by atoms with Gasteiger partial charge in [0.15, 0.2) is 0 Å². The summed E-state index contributed by atoms with van der Waals surface area (Å²) in [5.74, 6) is 1.39. The largest absolute Gasteiger partial charge is 0.470 e. The molecule has 0 aliphatic heterocycles. The predicted octanol–water partition coefficient (Wildman–Crippen LogP) is 2.74. The van der Waals surface area contributed by atoms with Crippen LogP contribution in [0.25, 0.3) is 0 Å². The molecule has 1 rings (SSSR count). The molecule has 3 unspecified atom stereocenters. The Balaban J connectivity index is 2.61. The maximum Gasteiger partial charge on any atom is 0.258 e. The van der Waals surface area contributed by atoms with Crippen LogP contribution in [0.4, 0.5) is 0 Å². The van der Waals surface area contributed by atoms with Crippen molar-refractivity contribution in [2.24, 2.45) is 23.7 Å². The monoisotopic (exact) mass is 271 g/mol. The molecule has 1 aliphatic carbocycles. The van der Waals surface area contributed by atoms with Gasteiger partial charge in [0.2, 0.25) is 0 Å². The van der Waals surface area contributed by atoms with Gasteiger partial charge < -0.3 is 9.64 Å². The summed E-state index contributed by atoms with van der Waals surface area (Å²) in [6.07, 6.45) is 2.13. The van der Waals surface area contributed by atoms with Crippen molar-refractivity contribution < 1.29 is 9.53 Å².